The van der Waals surface area contributed by atoms with E-state index in [-0.39, 0.29) is 0 Å². The monoisotopic (exact) mass is 211 g/mol. The number of hydrogen-bond acceptors (Lipinski definition) is 1. The zero-order chi connectivity index (χ0) is 11.1. The Balaban J connectivity index is 4.96. The lowest BCUT2D eigenvalue weighted by Crippen LogP contribution is -1.93. The average molecular weight is 212 g/mol. The van der Waals surface area contributed by atoms with Gasteiger partial charge in [0, 0.05) is 5.57 Å². The van der Waals surface area contributed by atoms with E-state index >= 15 is 0 Å². The maximum absolute atomic E-state index is 8.80. The van der Waals surface area contributed by atoms with Gasteiger partial charge in [-0.2, -0.15) is 5.26 Å². The van der Waals surface area contributed by atoms with Gasteiger partial charge in [-0.15, -0.1) is 0 Å². The lowest BCUT2D eigenvalue weighted by Gasteiger charge is -2.08. The van der Waals surface area contributed by atoms with Crippen molar-refractivity contribution in [2.45, 2.75) is 40.5 Å². The zero-order valence-corrected chi connectivity index (χ0v) is 10.2. The molecule has 0 rings (SSSR count). The predicted octanol–water partition coefficient (Wildman–Crippen LogP) is 4.41. The highest BCUT2D eigenvalue weighted by Crippen LogP contribution is 2.21. The average Bonchev–Trinajstić information content (AvgIpc) is 2.15. The van der Waals surface area contributed by atoms with Gasteiger partial charge in [0.15, 0.2) is 0 Å². The molecule has 1 nitrogen and oxygen atoms in total. The van der Waals surface area contributed by atoms with Crippen LogP contribution in [-0.4, -0.2) is 0 Å². The smallest absolute Gasteiger partial charge is 0.0962 e. The van der Waals surface area contributed by atoms with Gasteiger partial charge in [-0.25, -0.2) is 0 Å². The highest BCUT2D eigenvalue weighted by molar-refractivity contribution is 6.31. The third kappa shape index (κ3) is 3.98. The van der Waals surface area contributed by atoms with Gasteiger partial charge in [0.05, 0.1) is 11.1 Å². The lowest BCUT2D eigenvalue weighted by molar-refractivity contribution is 0.731. The Morgan fingerprint density at radius 2 is 1.93 bits per heavy atom. The summed E-state index contributed by atoms with van der Waals surface area (Å²) in [4.78, 5) is 0. The van der Waals surface area contributed by atoms with E-state index in [1.165, 1.54) is 5.57 Å². The highest BCUT2D eigenvalue weighted by atomic mass is 35.5. The summed E-state index contributed by atoms with van der Waals surface area (Å²) >= 11 is 6.05. The summed E-state index contributed by atoms with van der Waals surface area (Å²) in [5.41, 5.74) is 1.95. The van der Waals surface area contributed by atoms with Crippen molar-refractivity contribution in [1.82, 2.24) is 0 Å². The van der Waals surface area contributed by atoms with Crippen molar-refractivity contribution >= 4 is 11.6 Å². The van der Waals surface area contributed by atoms with Crippen LogP contribution in [0.15, 0.2) is 22.3 Å². The summed E-state index contributed by atoms with van der Waals surface area (Å²) in [7, 11) is 0. The van der Waals surface area contributed by atoms with Crippen molar-refractivity contribution in [3.05, 3.63) is 22.3 Å². The Hall–Kier alpha value is -0.740. The van der Waals surface area contributed by atoms with Crippen LogP contribution in [0.4, 0.5) is 0 Å². The molecule has 0 aromatic carbocycles. The Labute approximate surface area is 92.1 Å². The molecule has 0 amide bonds. The van der Waals surface area contributed by atoms with Crippen LogP contribution < -0.4 is 0 Å². The predicted molar refractivity (Wildman–Crippen MR) is 62.0 cm³/mol. The van der Waals surface area contributed by atoms with E-state index in [9.17, 15) is 0 Å². The summed E-state index contributed by atoms with van der Waals surface area (Å²) in [5.74, 6) is 0.491. The molecule has 0 aliphatic heterocycles. The second-order valence-corrected chi connectivity index (χ2v) is 3.93. The highest BCUT2D eigenvalue weighted by Gasteiger charge is 2.04. The largest absolute Gasteiger partial charge is 0.193 e. The van der Waals surface area contributed by atoms with Crippen LogP contribution in [0.2, 0.25) is 0 Å². The van der Waals surface area contributed by atoms with Gasteiger partial charge in [0.25, 0.3) is 0 Å². The first kappa shape index (κ1) is 13.3. The molecule has 0 saturated carbocycles. The van der Waals surface area contributed by atoms with Crippen LogP contribution in [0.25, 0.3) is 0 Å². The van der Waals surface area contributed by atoms with Crippen LogP contribution in [0.1, 0.15) is 40.5 Å². The van der Waals surface area contributed by atoms with Crippen molar-refractivity contribution in [2.24, 2.45) is 5.92 Å². The number of hydrogen-bond donors (Lipinski definition) is 0. The molecule has 0 aliphatic carbocycles. The molecule has 0 aliphatic rings. The first-order valence-corrected chi connectivity index (χ1v) is 5.43. The summed E-state index contributed by atoms with van der Waals surface area (Å²) < 4.78 is 0. The Morgan fingerprint density at radius 3 is 2.21 bits per heavy atom. The maximum Gasteiger partial charge on any atom is 0.0962 e. The number of allylic oxidation sites excluding steroid dienone is 4. The van der Waals surface area contributed by atoms with E-state index in [1.807, 2.05) is 13.0 Å². The molecule has 0 bridgehead atoms. The van der Waals surface area contributed by atoms with Crippen LogP contribution in [0.5, 0.6) is 0 Å². The van der Waals surface area contributed by atoms with E-state index in [4.69, 9.17) is 16.9 Å². The Kier molecular flexibility index (Phi) is 6.32. The van der Waals surface area contributed by atoms with Gasteiger partial charge in [-0.3, -0.25) is 0 Å². The Bertz CT molecular complexity index is 279. The van der Waals surface area contributed by atoms with Crippen molar-refractivity contribution < 1.29 is 0 Å². The number of halogens is 1. The fourth-order valence-electron chi connectivity index (χ4n) is 1.23. The Morgan fingerprint density at radius 1 is 1.36 bits per heavy atom. The minimum Gasteiger partial charge on any atom is -0.193 e. The minimum absolute atomic E-state index is 0.491. The standard InChI is InChI=1S/C12H18ClN/c1-5-10(9(3)4)7-12(13)11(6-2)8-14/h7,9H,5-6H2,1-4H3/b10-7+,12-11-. The summed E-state index contributed by atoms with van der Waals surface area (Å²) in [6.07, 6.45) is 3.62. The van der Waals surface area contributed by atoms with E-state index in [0.29, 0.717) is 22.9 Å². The minimum atomic E-state index is 0.491. The van der Waals surface area contributed by atoms with Crippen LogP contribution in [-0.2, 0) is 0 Å². The van der Waals surface area contributed by atoms with Crippen molar-refractivity contribution in [3.8, 4) is 6.07 Å². The molecule has 14 heavy (non-hydrogen) atoms. The topological polar surface area (TPSA) is 23.8 Å². The first-order valence-electron chi connectivity index (χ1n) is 5.05. The molecule has 0 unspecified atom stereocenters. The summed E-state index contributed by atoms with van der Waals surface area (Å²) in [6.45, 7) is 8.32. The first-order chi connectivity index (χ1) is 6.56. The summed E-state index contributed by atoms with van der Waals surface area (Å²) in [5, 5.41) is 9.40. The molecule has 2 heteroatoms. The molecule has 0 aromatic heterocycles. The van der Waals surface area contributed by atoms with Gasteiger partial charge in [0.2, 0.25) is 0 Å². The second kappa shape index (κ2) is 6.68. The third-order valence-corrected chi connectivity index (χ3v) is 2.58. The molecule has 0 fully saturated rings. The molecule has 0 aromatic rings. The molecule has 0 atom stereocenters. The molecule has 0 radical (unpaired) electrons. The molecule has 78 valence electrons. The molecule has 0 saturated heterocycles. The van der Waals surface area contributed by atoms with Crippen molar-refractivity contribution in [3.63, 3.8) is 0 Å². The van der Waals surface area contributed by atoms with Gasteiger partial charge in [-0.05, 0) is 24.8 Å². The van der Waals surface area contributed by atoms with Crippen LogP contribution in [0.3, 0.4) is 0 Å². The van der Waals surface area contributed by atoms with Crippen molar-refractivity contribution in [2.75, 3.05) is 0 Å². The van der Waals surface area contributed by atoms with Gasteiger partial charge >= 0.3 is 0 Å². The molecular formula is C12H18ClN. The van der Waals surface area contributed by atoms with E-state index in [0.717, 1.165) is 6.42 Å². The lowest BCUT2D eigenvalue weighted by atomic mass is 9.99. The maximum atomic E-state index is 8.80. The fourth-order valence-corrected chi connectivity index (χ4v) is 1.54. The van der Waals surface area contributed by atoms with E-state index < -0.39 is 0 Å². The third-order valence-electron chi connectivity index (χ3n) is 2.24. The second-order valence-electron chi connectivity index (χ2n) is 3.52. The van der Waals surface area contributed by atoms with Crippen molar-refractivity contribution in [1.29, 1.82) is 5.26 Å². The number of nitrogens with zero attached hydrogens (tertiary/aromatic N) is 1. The van der Waals surface area contributed by atoms with Gasteiger partial charge < -0.3 is 0 Å². The molecule has 0 heterocycles. The molecule has 0 spiro atoms. The van der Waals surface area contributed by atoms with E-state index in [1.54, 1.807) is 0 Å². The normalized spacial score (nSPS) is 13.9. The molecule has 0 N–H and O–H groups in total. The van der Waals surface area contributed by atoms with Gasteiger partial charge in [0.1, 0.15) is 0 Å². The zero-order valence-electron chi connectivity index (χ0n) is 9.39. The fraction of sp³-hybridized carbons (Fsp3) is 0.583. The quantitative estimate of drug-likeness (QED) is 0.499. The number of rotatable bonds is 4. The van der Waals surface area contributed by atoms with E-state index in [2.05, 4.69) is 26.8 Å². The van der Waals surface area contributed by atoms with Crippen LogP contribution >= 0.6 is 11.6 Å². The van der Waals surface area contributed by atoms with Crippen LogP contribution in [0, 0.1) is 17.2 Å². The number of nitriles is 1. The summed E-state index contributed by atoms with van der Waals surface area (Å²) in [6, 6.07) is 2.12. The van der Waals surface area contributed by atoms with Gasteiger partial charge in [-0.1, -0.05) is 44.9 Å². The molecular weight excluding hydrogens is 194 g/mol. The SMILES string of the molecule is CC/C(C#N)=C(Cl)\C=C(/CC)C(C)C.